The van der Waals surface area contributed by atoms with Gasteiger partial charge in [0.25, 0.3) is 0 Å². The standard InChI is InChI=1S/C19H30N4O3/c1-19(2,3)26-18(24)22-15-9-10-23(13-15)17(20-4)21-12-14-7-6-8-16(11-14)25-5/h6-8,11,15H,9-10,12-13H2,1-5H3,(H,20,21)(H,22,24). The number of alkyl carbamates (subject to hydrolysis) is 1. The summed E-state index contributed by atoms with van der Waals surface area (Å²) in [5.41, 5.74) is 0.629. The molecule has 0 radical (unpaired) electrons. The van der Waals surface area contributed by atoms with Gasteiger partial charge in [0, 0.05) is 26.7 Å². The lowest BCUT2D eigenvalue weighted by Crippen LogP contribution is -2.44. The van der Waals surface area contributed by atoms with Gasteiger partial charge >= 0.3 is 6.09 Å². The molecular formula is C19H30N4O3. The van der Waals surface area contributed by atoms with Gasteiger partial charge in [0.15, 0.2) is 5.96 Å². The molecule has 0 saturated carbocycles. The average molecular weight is 362 g/mol. The Morgan fingerprint density at radius 3 is 2.81 bits per heavy atom. The normalized spacial score (nSPS) is 17.8. The summed E-state index contributed by atoms with van der Waals surface area (Å²) in [6, 6.07) is 7.98. The van der Waals surface area contributed by atoms with Crippen LogP contribution in [0.15, 0.2) is 29.3 Å². The highest BCUT2D eigenvalue weighted by Gasteiger charge is 2.27. The largest absolute Gasteiger partial charge is 0.497 e. The summed E-state index contributed by atoms with van der Waals surface area (Å²) in [7, 11) is 3.43. The van der Waals surface area contributed by atoms with Gasteiger partial charge in [-0.3, -0.25) is 4.99 Å². The van der Waals surface area contributed by atoms with Crippen LogP contribution < -0.4 is 15.4 Å². The molecule has 144 valence electrons. The molecule has 1 atom stereocenters. The average Bonchev–Trinajstić information content (AvgIpc) is 3.02. The van der Waals surface area contributed by atoms with E-state index in [-0.39, 0.29) is 12.1 Å². The van der Waals surface area contributed by atoms with Crippen LogP contribution in [-0.4, -0.2) is 55.8 Å². The van der Waals surface area contributed by atoms with E-state index in [1.54, 1.807) is 14.2 Å². The van der Waals surface area contributed by atoms with Crippen LogP contribution in [0, 0.1) is 0 Å². The van der Waals surface area contributed by atoms with Crippen molar-refractivity contribution in [1.82, 2.24) is 15.5 Å². The minimum atomic E-state index is -0.489. The Morgan fingerprint density at radius 2 is 2.15 bits per heavy atom. The number of carbonyl (C=O) groups excluding carboxylic acids is 1. The zero-order chi connectivity index (χ0) is 19.2. The monoisotopic (exact) mass is 362 g/mol. The quantitative estimate of drug-likeness (QED) is 0.635. The molecule has 1 saturated heterocycles. The molecule has 0 bridgehead atoms. The number of ether oxygens (including phenoxy) is 2. The van der Waals surface area contributed by atoms with Gasteiger partial charge in [-0.2, -0.15) is 0 Å². The van der Waals surface area contributed by atoms with E-state index in [2.05, 4.69) is 20.5 Å². The second-order valence-electron chi connectivity index (χ2n) is 7.33. The van der Waals surface area contributed by atoms with E-state index in [0.29, 0.717) is 13.1 Å². The summed E-state index contributed by atoms with van der Waals surface area (Å²) in [5, 5.41) is 6.30. The van der Waals surface area contributed by atoms with E-state index in [0.717, 1.165) is 30.2 Å². The second-order valence-corrected chi connectivity index (χ2v) is 7.33. The molecule has 0 aliphatic carbocycles. The number of aliphatic imine (C=N–C) groups is 1. The van der Waals surface area contributed by atoms with Crippen LogP contribution in [0.2, 0.25) is 0 Å². The molecule has 2 N–H and O–H groups in total. The highest BCUT2D eigenvalue weighted by molar-refractivity contribution is 5.80. The first kappa shape index (κ1) is 19.9. The number of guanidine groups is 1. The second kappa shape index (κ2) is 8.78. The van der Waals surface area contributed by atoms with Crippen molar-refractivity contribution >= 4 is 12.1 Å². The molecule has 0 spiro atoms. The molecular weight excluding hydrogens is 332 g/mol. The molecule has 1 fully saturated rings. The van der Waals surface area contributed by atoms with E-state index in [4.69, 9.17) is 9.47 Å². The van der Waals surface area contributed by atoms with E-state index in [9.17, 15) is 4.79 Å². The number of nitrogens with zero attached hydrogens (tertiary/aromatic N) is 2. The first-order chi connectivity index (χ1) is 12.3. The van der Waals surface area contributed by atoms with E-state index < -0.39 is 5.60 Å². The Hall–Kier alpha value is -2.44. The Kier molecular flexibility index (Phi) is 6.71. The van der Waals surface area contributed by atoms with Crippen LogP contribution in [0.25, 0.3) is 0 Å². The van der Waals surface area contributed by atoms with E-state index in [1.807, 2.05) is 45.0 Å². The predicted octanol–water partition coefficient (Wildman–Crippen LogP) is 2.37. The minimum Gasteiger partial charge on any atom is -0.497 e. The van der Waals surface area contributed by atoms with Crippen LogP contribution in [0.4, 0.5) is 4.79 Å². The zero-order valence-corrected chi connectivity index (χ0v) is 16.3. The predicted molar refractivity (Wildman–Crippen MR) is 103 cm³/mol. The molecule has 1 aromatic rings. The lowest BCUT2D eigenvalue weighted by Gasteiger charge is -2.23. The van der Waals surface area contributed by atoms with Crippen molar-refractivity contribution in [3.8, 4) is 5.75 Å². The molecule has 1 aromatic carbocycles. The van der Waals surface area contributed by atoms with Crippen molar-refractivity contribution in [1.29, 1.82) is 0 Å². The van der Waals surface area contributed by atoms with Crippen molar-refractivity contribution in [2.45, 2.75) is 45.4 Å². The smallest absolute Gasteiger partial charge is 0.407 e. The first-order valence-corrected chi connectivity index (χ1v) is 8.89. The summed E-state index contributed by atoms with van der Waals surface area (Å²) in [4.78, 5) is 18.4. The van der Waals surface area contributed by atoms with Crippen LogP contribution in [0.1, 0.15) is 32.8 Å². The Balaban J connectivity index is 1.84. The number of benzene rings is 1. The van der Waals surface area contributed by atoms with Gasteiger partial charge in [0.1, 0.15) is 11.4 Å². The molecule has 1 amide bonds. The van der Waals surface area contributed by atoms with E-state index in [1.165, 1.54) is 0 Å². The number of amides is 1. The molecule has 2 rings (SSSR count). The third-order valence-corrected chi connectivity index (χ3v) is 4.01. The molecule has 1 heterocycles. The minimum absolute atomic E-state index is 0.0558. The molecule has 7 heteroatoms. The lowest BCUT2D eigenvalue weighted by molar-refractivity contribution is 0.0507. The Labute approximate surface area is 155 Å². The third kappa shape index (κ3) is 6.13. The number of rotatable bonds is 4. The summed E-state index contributed by atoms with van der Waals surface area (Å²) in [6.07, 6.45) is 0.489. The van der Waals surface area contributed by atoms with Crippen LogP contribution in [-0.2, 0) is 11.3 Å². The topological polar surface area (TPSA) is 75.2 Å². The SMILES string of the molecule is CN=C(NCc1cccc(OC)c1)N1CCC(NC(=O)OC(C)(C)C)C1. The Morgan fingerprint density at radius 1 is 1.38 bits per heavy atom. The Bertz CT molecular complexity index is 640. The maximum absolute atomic E-state index is 11.9. The molecule has 0 aromatic heterocycles. The van der Waals surface area contributed by atoms with Crippen LogP contribution >= 0.6 is 0 Å². The molecule has 1 unspecified atom stereocenters. The fourth-order valence-electron chi connectivity index (χ4n) is 2.84. The zero-order valence-electron chi connectivity index (χ0n) is 16.3. The first-order valence-electron chi connectivity index (χ1n) is 8.89. The number of methoxy groups -OCH3 is 1. The van der Waals surface area contributed by atoms with Gasteiger partial charge < -0.3 is 25.0 Å². The summed E-state index contributed by atoms with van der Waals surface area (Å²) in [6.45, 7) is 7.77. The van der Waals surface area contributed by atoms with Crippen molar-refractivity contribution in [2.24, 2.45) is 4.99 Å². The lowest BCUT2D eigenvalue weighted by atomic mass is 10.2. The van der Waals surface area contributed by atoms with Gasteiger partial charge in [0.05, 0.1) is 13.2 Å². The van der Waals surface area contributed by atoms with Gasteiger partial charge in [-0.05, 0) is 44.9 Å². The van der Waals surface area contributed by atoms with Gasteiger partial charge in [-0.15, -0.1) is 0 Å². The van der Waals surface area contributed by atoms with Gasteiger partial charge in [0.2, 0.25) is 0 Å². The summed E-state index contributed by atoms with van der Waals surface area (Å²) < 4.78 is 10.6. The molecule has 1 aliphatic rings. The van der Waals surface area contributed by atoms with Crippen molar-refractivity contribution < 1.29 is 14.3 Å². The van der Waals surface area contributed by atoms with Gasteiger partial charge in [-0.1, -0.05) is 12.1 Å². The maximum atomic E-state index is 11.9. The summed E-state index contributed by atoms with van der Waals surface area (Å²) >= 11 is 0. The fourth-order valence-corrected chi connectivity index (χ4v) is 2.84. The highest BCUT2D eigenvalue weighted by Crippen LogP contribution is 2.14. The molecule has 7 nitrogen and oxygen atoms in total. The fraction of sp³-hybridized carbons (Fsp3) is 0.579. The highest BCUT2D eigenvalue weighted by atomic mass is 16.6. The summed E-state index contributed by atoms with van der Waals surface area (Å²) in [5.74, 6) is 1.66. The van der Waals surface area contributed by atoms with Crippen molar-refractivity contribution in [3.63, 3.8) is 0 Å². The number of nitrogens with one attached hydrogen (secondary N) is 2. The maximum Gasteiger partial charge on any atom is 0.407 e. The van der Waals surface area contributed by atoms with Crippen LogP contribution in [0.5, 0.6) is 5.75 Å². The van der Waals surface area contributed by atoms with E-state index >= 15 is 0 Å². The number of hydrogen-bond donors (Lipinski definition) is 2. The number of carbonyl (C=O) groups is 1. The molecule has 1 aliphatic heterocycles. The number of hydrogen-bond acceptors (Lipinski definition) is 4. The van der Waals surface area contributed by atoms with Crippen LogP contribution in [0.3, 0.4) is 0 Å². The van der Waals surface area contributed by atoms with Gasteiger partial charge in [-0.25, -0.2) is 4.79 Å². The number of likely N-dealkylation sites (tertiary alicyclic amines) is 1. The van der Waals surface area contributed by atoms with Crippen molar-refractivity contribution in [2.75, 3.05) is 27.2 Å². The van der Waals surface area contributed by atoms with Crippen molar-refractivity contribution in [3.05, 3.63) is 29.8 Å². The third-order valence-electron chi connectivity index (χ3n) is 4.01. The molecule has 26 heavy (non-hydrogen) atoms.